The number of hydrogen-bond acceptors (Lipinski definition) is 2. The van der Waals surface area contributed by atoms with Crippen molar-refractivity contribution in [2.24, 2.45) is 5.41 Å². The minimum atomic E-state index is -0.844. The Morgan fingerprint density at radius 3 is 2.14 bits per heavy atom. The normalized spacial score (nSPS) is 19.4. The minimum absolute atomic E-state index is 0.0784. The summed E-state index contributed by atoms with van der Waals surface area (Å²) in [6, 6.07) is 0. The van der Waals surface area contributed by atoms with Gasteiger partial charge in [0, 0.05) is 6.42 Å². The molecule has 0 amide bonds. The van der Waals surface area contributed by atoms with Gasteiger partial charge in [-0.25, -0.2) is 0 Å². The minimum Gasteiger partial charge on any atom is -0.481 e. The molecule has 80 valence electrons. The van der Waals surface area contributed by atoms with Crippen molar-refractivity contribution in [1.82, 2.24) is 0 Å². The molecule has 0 unspecified atom stereocenters. The quantitative estimate of drug-likeness (QED) is 0.710. The lowest BCUT2D eigenvalue weighted by molar-refractivity contribution is -0.149. The van der Waals surface area contributed by atoms with Crippen LogP contribution < -0.4 is 0 Å². The van der Waals surface area contributed by atoms with Gasteiger partial charge in [-0.15, -0.1) is 0 Å². The third kappa shape index (κ3) is 2.47. The monoisotopic (exact) mass is 200 g/mol. The Morgan fingerprint density at radius 1 is 1.14 bits per heavy atom. The molecule has 1 rings (SSSR count). The van der Waals surface area contributed by atoms with Crippen LogP contribution >= 0.6 is 0 Å². The van der Waals surface area contributed by atoms with Crippen LogP contribution in [0.2, 0.25) is 0 Å². The van der Waals surface area contributed by atoms with Gasteiger partial charge in [-0.2, -0.15) is 0 Å². The zero-order valence-corrected chi connectivity index (χ0v) is 8.16. The lowest BCUT2D eigenvalue weighted by Crippen LogP contribution is -2.27. The van der Waals surface area contributed by atoms with E-state index in [1.165, 1.54) is 0 Å². The molecule has 0 atom stereocenters. The molecule has 0 saturated heterocycles. The first-order chi connectivity index (χ1) is 6.57. The maximum absolute atomic E-state index is 11.1. The first kappa shape index (κ1) is 11.0. The van der Waals surface area contributed by atoms with Crippen LogP contribution in [0.4, 0.5) is 0 Å². The smallest absolute Gasteiger partial charge is 0.309 e. The summed E-state index contributed by atoms with van der Waals surface area (Å²) in [6.45, 7) is 0. The Morgan fingerprint density at radius 2 is 1.71 bits per heavy atom. The third-order valence-electron chi connectivity index (χ3n) is 3.06. The van der Waals surface area contributed by atoms with Crippen molar-refractivity contribution in [1.29, 1.82) is 0 Å². The zero-order chi connectivity index (χ0) is 10.6. The van der Waals surface area contributed by atoms with E-state index in [2.05, 4.69) is 0 Å². The Hall–Kier alpha value is -1.06. The molecule has 1 fully saturated rings. The van der Waals surface area contributed by atoms with Gasteiger partial charge in [0.2, 0.25) is 0 Å². The molecule has 1 aliphatic rings. The molecular formula is C10H16O4. The van der Waals surface area contributed by atoms with Crippen molar-refractivity contribution < 1.29 is 19.8 Å². The van der Waals surface area contributed by atoms with Crippen LogP contribution in [0, 0.1) is 5.41 Å². The Balaban J connectivity index is 2.44. The molecule has 1 aliphatic carbocycles. The number of carbonyl (C=O) groups is 2. The predicted octanol–water partition coefficient (Wildman–Crippen LogP) is 1.89. The molecule has 2 N–H and O–H groups in total. The number of rotatable bonds is 5. The average molecular weight is 200 g/mol. The van der Waals surface area contributed by atoms with E-state index in [0.29, 0.717) is 25.7 Å². The summed E-state index contributed by atoms with van der Waals surface area (Å²) >= 11 is 0. The lowest BCUT2D eigenvalue weighted by Gasteiger charge is -2.22. The van der Waals surface area contributed by atoms with Crippen LogP contribution in [0.25, 0.3) is 0 Å². The largest absolute Gasteiger partial charge is 0.481 e. The summed E-state index contributed by atoms with van der Waals surface area (Å²) in [5.74, 6) is -1.59. The van der Waals surface area contributed by atoms with E-state index in [1.54, 1.807) is 0 Å². The second-order valence-corrected chi connectivity index (χ2v) is 4.04. The van der Waals surface area contributed by atoms with Crippen molar-refractivity contribution >= 4 is 11.9 Å². The van der Waals surface area contributed by atoms with E-state index in [9.17, 15) is 9.59 Å². The maximum atomic E-state index is 11.1. The van der Waals surface area contributed by atoms with E-state index < -0.39 is 17.4 Å². The van der Waals surface area contributed by atoms with Gasteiger partial charge < -0.3 is 10.2 Å². The van der Waals surface area contributed by atoms with Gasteiger partial charge in [0.25, 0.3) is 0 Å². The fourth-order valence-corrected chi connectivity index (χ4v) is 2.20. The maximum Gasteiger partial charge on any atom is 0.309 e. The van der Waals surface area contributed by atoms with E-state index in [0.717, 1.165) is 12.8 Å². The van der Waals surface area contributed by atoms with Crippen LogP contribution in [0.15, 0.2) is 0 Å². The SMILES string of the molecule is O=C(O)CCCC1(C(=O)O)CCCC1. The highest BCUT2D eigenvalue weighted by molar-refractivity contribution is 5.75. The number of carboxylic acids is 2. The molecule has 14 heavy (non-hydrogen) atoms. The van der Waals surface area contributed by atoms with Crippen molar-refractivity contribution in [3.8, 4) is 0 Å². The van der Waals surface area contributed by atoms with Crippen molar-refractivity contribution in [3.63, 3.8) is 0 Å². The lowest BCUT2D eigenvalue weighted by atomic mass is 9.81. The summed E-state index contributed by atoms with van der Waals surface area (Å²) in [6.07, 6.45) is 4.40. The van der Waals surface area contributed by atoms with E-state index >= 15 is 0 Å². The molecule has 0 radical (unpaired) electrons. The van der Waals surface area contributed by atoms with Gasteiger partial charge in [-0.3, -0.25) is 9.59 Å². The van der Waals surface area contributed by atoms with Crippen LogP contribution in [0.1, 0.15) is 44.9 Å². The molecule has 0 aromatic carbocycles. The molecule has 4 nitrogen and oxygen atoms in total. The number of carboxylic acid groups (broad SMARTS) is 2. The Bertz CT molecular complexity index is 228. The second-order valence-electron chi connectivity index (χ2n) is 4.04. The van der Waals surface area contributed by atoms with Crippen molar-refractivity contribution in [2.45, 2.75) is 44.9 Å². The summed E-state index contributed by atoms with van der Waals surface area (Å²) in [5.41, 5.74) is -0.616. The summed E-state index contributed by atoms with van der Waals surface area (Å²) < 4.78 is 0. The first-order valence-electron chi connectivity index (χ1n) is 5.02. The summed E-state index contributed by atoms with van der Waals surface area (Å²) in [7, 11) is 0. The van der Waals surface area contributed by atoms with Gasteiger partial charge in [-0.05, 0) is 25.7 Å². The van der Waals surface area contributed by atoms with E-state index in [-0.39, 0.29) is 6.42 Å². The topological polar surface area (TPSA) is 74.6 Å². The highest BCUT2D eigenvalue weighted by Crippen LogP contribution is 2.42. The Labute approximate surface area is 82.9 Å². The summed E-state index contributed by atoms with van der Waals surface area (Å²) in [4.78, 5) is 21.4. The standard InChI is InChI=1S/C10H16O4/c11-8(12)4-3-7-10(9(13)14)5-1-2-6-10/h1-7H2,(H,11,12)(H,13,14). The molecule has 1 saturated carbocycles. The summed E-state index contributed by atoms with van der Waals surface area (Å²) in [5, 5.41) is 17.5. The average Bonchev–Trinajstić information content (AvgIpc) is 2.53. The second kappa shape index (κ2) is 4.44. The fraction of sp³-hybridized carbons (Fsp3) is 0.800. The van der Waals surface area contributed by atoms with E-state index in [4.69, 9.17) is 10.2 Å². The zero-order valence-electron chi connectivity index (χ0n) is 8.16. The molecule has 0 aromatic rings. The molecular weight excluding hydrogens is 184 g/mol. The van der Waals surface area contributed by atoms with Crippen molar-refractivity contribution in [3.05, 3.63) is 0 Å². The van der Waals surface area contributed by atoms with Gasteiger partial charge in [0.1, 0.15) is 0 Å². The molecule has 0 heterocycles. The molecule has 0 spiro atoms. The van der Waals surface area contributed by atoms with Gasteiger partial charge in [-0.1, -0.05) is 12.8 Å². The highest BCUT2D eigenvalue weighted by Gasteiger charge is 2.40. The highest BCUT2D eigenvalue weighted by atomic mass is 16.4. The molecule has 0 aromatic heterocycles. The first-order valence-corrected chi connectivity index (χ1v) is 5.02. The number of hydrogen-bond donors (Lipinski definition) is 2. The Kier molecular flexibility index (Phi) is 3.49. The van der Waals surface area contributed by atoms with Gasteiger partial charge in [0.05, 0.1) is 5.41 Å². The predicted molar refractivity (Wildman–Crippen MR) is 50.0 cm³/mol. The molecule has 0 bridgehead atoms. The third-order valence-corrected chi connectivity index (χ3v) is 3.06. The van der Waals surface area contributed by atoms with Crippen LogP contribution in [0.3, 0.4) is 0 Å². The van der Waals surface area contributed by atoms with Crippen molar-refractivity contribution in [2.75, 3.05) is 0 Å². The molecule has 4 heteroatoms. The van der Waals surface area contributed by atoms with E-state index in [1.807, 2.05) is 0 Å². The molecule has 0 aliphatic heterocycles. The van der Waals surface area contributed by atoms with Gasteiger partial charge >= 0.3 is 11.9 Å². The number of aliphatic carboxylic acids is 2. The van der Waals surface area contributed by atoms with Crippen LogP contribution in [-0.4, -0.2) is 22.2 Å². The van der Waals surface area contributed by atoms with Gasteiger partial charge in [0.15, 0.2) is 0 Å². The van der Waals surface area contributed by atoms with Crippen LogP contribution in [0.5, 0.6) is 0 Å². The fourth-order valence-electron chi connectivity index (χ4n) is 2.20. The van der Waals surface area contributed by atoms with Crippen LogP contribution in [-0.2, 0) is 9.59 Å².